The van der Waals surface area contributed by atoms with Crippen LogP contribution in [0.4, 0.5) is 0 Å². The number of fused-ring (bicyclic) bond motifs is 1. The van der Waals surface area contributed by atoms with E-state index in [1.54, 1.807) is 31.2 Å². The Kier molecular flexibility index (Phi) is 8.58. The minimum Gasteiger partial charge on any atom is -0.300 e. The van der Waals surface area contributed by atoms with Gasteiger partial charge in [-0.1, -0.05) is 67.6 Å². The second kappa shape index (κ2) is 10.7. The van der Waals surface area contributed by atoms with Crippen LogP contribution in [0, 0.1) is 0 Å². The standard InChI is InChI=1S/C12H8O3.C6H6.C4H8O/c1-7(13)10-6-11(14)8-4-2-3-5-9(8)12(10)15;1-2-4-6-5-3-1;1-3-4(2)5/h2-6H,1H3;1-6H;3H2,1-2H3. The summed E-state index contributed by atoms with van der Waals surface area (Å²) in [4.78, 5) is 44.3. The van der Waals surface area contributed by atoms with Gasteiger partial charge in [-0.15, -0.1) is 0 Å². The van der Waals surface area contributed by atoms with Crippen molar-refractivity contribution in [3.8, 4) is 0 Å². The Labute approximate surface area is 153 Å². The van der Waals surface area contributed by atoms with E-state index >= 15 is 0 Å². The van der Waals surface area contributed by atoms with Crippen molar-refractivity contribution < 1.29 is 19.2 Å². The summed E-state index contributed by atoms with van der Waals surface area (Å²) in [7, 11) is 0. The number of ketones is 4. The summed E-state index contributed by atoms with van der Waals surface area (Å²) in [5, 5.41) is 0. The van der Waals surface area contributed by atoms with Crippen LogP contribution in [0.2, 0.25) is 0 Å². The largest absolute Gasteiger partial charge is 0.300 e. The quantitative estimate of drug-likeness (QED) is 0.759. The summed E-state index contributed by atoms with van der Waals surface area (Å²) in [6, 6.07) is 18.5. The number of benzene rings is 2. The molecule has 1 aliphatic rings. The lowest BCUT2D eigenvalue weighted by atomic mass is 9.88. The van der Waals surface area contributed by atoms with Crippen LogP contribution in [0.1, 0.15) is 47.9 Å². The Morgan fingerprint density at radius 3 is 1.58 bits per heavy atom. The Hall–Kier alpha value is -3.14. The summed E-state index contributed by atoms with van der Waals surface area (Å²) >= 11 is 0. The van der Waals surface area contributed by atoms with Gasteiger partial charge in [-0.05, 0) is 13.8 Å². The molecule has 4 heteroatoms. The number of hydrogen-bond acceptors (Lipinski definition) is 4. The number of carbonyl (C=O) groups is 4. The first-order valence-corrected chi connectivity index (χ1v) is 8.28. The minimum atomic E-state index is -0.372. The number of carbonyl (C=O) groups excluding carboxylic acids is 4. The molecule has 0 bridgehead atoms. The fourth-order valence-corrected chi connectivity index (χ4v) is 1.96. The fourth-order valence-electron chi connectivity index (χ4n) is 1.96. The highest BCUT2D eigenvalue weighted by Gasteiger charge is 2.26. The molecule has 0 saturated carbocycles. The van der Waals surface area contributed by atoms with Gasteiger partial charge in [0.1, 0.15) is 5.78 Å². The molecule has 0 heterocycles. The van der Waals surface area contributed by atoms with Crippen LogP contribution in [0.3, 0.4) is 0 Å². The topological polar surface area (TPSA) is 68.3 Å². The molecule has 0 aromatic heterocycles. The number of allylic oxidation sites excluding steroid dienone is 2. The van der Waals surface area contributed by atoms with E-state index in [9.17, 15) is 19.2 Å². The van der Waals surface area contributed by atoms with Gasteiger partial charge in [-0.2, -0.15) is 0 Å². The molecule has 0 atom stereocenters. The summed E-state index contributed by atoms with van der Waals surface area (Å²) in [6.45, 7) is 4.72. The number of hydrogen-bond donors (Lipinski definition) is 0. The third kappa shape index (κ3) is 6.40. The van der Waals surface area contributed by atoms with Crippen molar-refractivity contribution >= 4 is 23.1 Å². The molecule has 4 nitrogen and oxygen atoms in total. The van der Waals surface area contributed by atoms with Crippen molar-refractivity contribution in [1.29, 1.82) is 0 Å². The predicted octanol–water partition coefficient (Wildman–Crippen LogP) is 4.25. The van der Waals surface area contributed by atoms with Crippen molar-refractivity contribution in [2.24, 2.45) is 0 Å². The molecule has 0 radical (unpaired) electrons. The van der Waals surface area contributed by atoms with Crippen LogP contribution in [0.5, 0.6) is 0 Å². The highest BCUT2D eigenvalue weighted by atomic mass is 16.2. The van der Waals surface area contributed by atoms with Gasteiger partial charge in [-0.3, -0.25) is 14.4 Å². The molecule has 0 fully saturated rings. The van der Waals surface area contributed by atoms with Crippen molar-refractivity contribution in [1.82, 2.24) is 0 Å². The van der Waals surface area contributed by atoms with E-state index in [0.29, 0.717) is 17.5 Å². The van der Waals surface area contributed by atoms with Crippen molar-refractivity contribution in [2.45, 2.75) is 27.2 Å². The molecule has 0 amide bonds. The first-order valence-electron chi connectivity index (χ1n) is 8.28. The zero-order valence-corrected chi connectivity index (χ0v) is 15.2. The Bertz CT molecular complexity index is 790. The van der Waals surface area contributed by atoms with E-state index in [1.165, 1.54) is 6.92 Å². The van der Waals surface area contributed by atoms with Gasteiger partial charge >= 0.3 is 0 Å². The second-order valence-corrected chi connectivity index (χ2v) is 5.56. The van der Waals surface area contributed by atoms with Gasteiger partial charge in [0, 0.05) is 23.6 Å². The molecular weight excluding hydrogens is 328 g/mol. The zero-order chi connectivity index (χ0) is 19.5. The van der Waals surface area contributed by atoms with Crippen LogP contribution in [-0.2, 0) is 9.59 Å². The highest BCUT2D eigenvalue weighted by Crippen LogP contribution is 2.21. The Morgan fingerprint density at radius 1 is 0.769 bits per heavy atom. The summed E-state index contributed by atoms with van der Waals surface area (Å²) in [6.07, 6.45) is 1.78. The van der Waals surface area contributed by atoms with Crippen LogP contribution < -0.4 is 0 Å². The normalized spacial score (nSPS) is 11.7. The van der Waals surface area contributed by atoms with Gasteiger partial charge in [0.05, 0.1) is 5.57 Å². The average Bonchev–Trinajstić information content (AvgIpc) is 2.67. The Balaban J connectivity index is 0.000000253. The van der Waals surface area contributed by atoms with E-state index in [-0.39, 0.29) is 28.7 Å². The van der Waals surface area contributed by atoms with Crippen molar-refractivity contribution in [3.05, 3.63) is 83.4 Å². The van der Waals surface area contributed by atoms with Crippen molar-refractivity contribution in [2.75, 3.05) is 0 Å². The smallest absolute Gasteiger partial charge is 0.197 e. The van der Waals surface area contributed by atoms with Crippen LogP contribution >= 0.6 is 0 Å². The maximum absolute atomic E-state index is 11.8. The van der Waals surface area contributed by atoms with E-state index in [0.717, 1.165) is 6.08 Å². The molecule has 0 aliphatic heterocycles. The Morgan fingerprint density at radius 2 is 1.19 bits per heavy atom. The zero-order valence-electron chi connectivity index (χ0n) is 15.2. The van der Waals surface area contributed by atoms with Crippen LogP contribution in [-0.4, -0.2) is 23.1 Å². The van der Waals surface area contributed by atoms with Gasteiger partial charge in [0.2, 0.25) is 0 Å². The monoisotopic (exact) mass is 350 g/mol. The molecule has 1 aliphatic carbocycles. The van der Waals surface area contributed by atoms with Crippen LogP contribution in [0.15, 0.2) is 72.3 Å². The molecule has 2 aromatic rings. The maximum atomic E-state index is 11.8. The molecule has 0 spiro atoms. The lowest BCUT2D eigenvalue weighted by Gasteiger charge is -2.12. The first-order chi connectivity index (χ1) is 12.4. The minimum absolute atomic E-state index is 0.0290. The van der Waals surface area contributed by atoms with Gasteiger partial charge < -0.3 is 4.79 Å². The lowest BCUT2D eigenvalue weighted by molar-refractivity contribution is -0.116. The molecule has 134 valence electrons. The summed E-state index contributed by atoms with van der Waals surface area (Å²) < 4.78 is 0. The fraction of sp³-hybridized carbons (Fsp3) is 0.182. The predicted molar refractivity (Wildman–Crippen MR) is 101 cm³/mol. The molecule has 0 unspecified atom stereocenters. The third-order valence-corrected chi connectivity index (χ3v) is 3.50. The van der Waals surface area contributed by atoms with Crippen molar-refractivity contribution in [3.63, 3.8) is 0 Å². The molecule has 2 aromatic carbocycles. The van der Waals surface area contributed by atoms with Gasteiger partial charge in [-0.25, -0.2) is 0 Å². The highest BCUT2D eigenvalue weighted by molar-refractivity contribution is 6.34. The molecule has 26 heavy (non-hydrogen) atoms. The SMILES string of the molecule is CC(=O)C1=CC(=O)c2ccccc2C1=O.CCC(C)=O.c1ccccc1. The average molecular weight is 350 g/mol. The summed E-state index contributed by atoms with van der Waals surface area (Å²) in [5.41, 5.74) is 0.654. The van der Waals surface area contributed by atoms with Gasteiger partial charge in [0.25, 0.3) is 0 Å². The first kappa shape index (κ1) is 20.9. The van der Waals surface area contributed by atoms with Gasteiger partial charge in [0.15, 0.2) is 17.3 Å². The second-order valence-electron chi connectivity index (χ2n) is 5.56. The van der Waals surface area contributed by atoms with E-state index in [4.69, 9.17) is 0 Å². The molecular formula is C22H22O4. The lowest BCUT2D eigenvalue weighted by Crippen LogP contribution is -2.20. The molecule has 0 saturated heterocycles. The number of Topliss-reactive ketones (excluding diaryl/α,β-unsaturated/α-hetero) is 3. The maximum Gasteiger partial charge on any atom is 0.197 e. The van der Waals surface area contributed by atoms with E-state index in [1.807, 2.05) is 43.3 Å². The number of rotatable bonds is 2. The third-order valence-electron chi connectivity index (χ3n) is 3.50. The molecule has 3 rings (SSSR count). The van der Waals surface area contributed by atoms with Crippen LogP contribution in [0.25, 0.3) is 0 Å². The molecule has 0 N–H and O–H groups in total. The van der Waals surface area contributed by atoms with E-state index < -0.39 is 0 Å². The van der Waals surface area contributed by atoms with E-state index in [2.05, 4.69) is 0 Å². The summed E-state index contributed by atoms with van der Waals surface area (Å²) in [5.74, 6) is -0.763.